The lowest BCUT2D eigenvalue weighted by atomic mass is 10.0. The smallest absolute Gasteiger partial charge is 0.342 e. The summed E-state index contributed by atoms with van der Waals surface area (Å²) < 4.78 is 80.0. The Hall–Kier alpha value is -10.6. The van der Waals surface area contributed by atoms with Crippen molar-refractivity contribution in [2.24, 2.45) is 0 Å². The lowest BCUT2D eigenvalue weighted by Crippen LogP contribution is -2.11. The Morgan fingerprint density at radius 3 is 1.09 bits per heavy atom. The average Bonchev–Trinajstić information content (AvgIpc) is 1.65. The van der Waals surface area contributed by atoms with Gasteiger partial charge in [-0.1, -0.05) is 209 Å². The summed E-state index contributed by atoms with van der Waals surface area (Å²) in [5, 5.41) is 33.8. The number of halogens is 9. The van der Waals surface area contributed by atoms with Gasteiger partial charge in [-0.05, 0) is 122 Å². The normalized spacial score (nSPS) is 11.6. The van der Waals surface area contributed by atoms with Gasteiger partial charge >= 0.3 is 12.5 Å². The summed E-state index contributed by atoms with van der Waals surface area (Å²) in [6, 6.07) is 68.0. The molecule has 12 rings (SSSR count). The van der Waals surface area contributed by atoms with Gasteiger partial charge in [-0.2, -0.15) is 29.0 Å². The van der Waals surface area contributed by atoms with Crippen molar-refractivity contribution in [2.45, 2.75) is 53.5 Å². The first kappa shape index (κ1) is 67.8. The molecule has 0 amide bonds. The van der Waals surface area contributed by atoms with Crippen LogP contribution < -0.4 is 0 Å². The summed E-state index contributed by atoms with van der Waals surface area (Å²) in [5.74, 6) is -0.245. The average molecular weight is 1310 g/mol. The predicted octanol–water partition coefficient (Wildman–Crippen LogP) is 22.7. The highest BCUT2D eigenvalue weighted by Crippen LogP contribution is 2.36. The molecule has 0 aliphatic carbocycles. The number of rotatable bonds is 12. The summed E-state index contributed by atoms with van der Waals surface area (Å²) >= 11 is 18.7. The first-order valence-corrected chi connectivity index (χ1v) is 30.4. The van der Waals surface area contributed by atoms with Crippen molar-refractivity contribution in [3.8, 4) is 18.2 Å². The quantitative estimate of drug-likeness (QED) is 0.0690. The number of benzene rings is 9. The second-order valence-electron chi connectivity index (χ2n) is 22.2. The molecule has 0 radical (unpaired) electrons. The number of nitrogens with zero attached hydrogens (tertiary/aromatic N) is 6. The Labute approximate surface area is 555 Å². The second-order valence-corrected chi connectivity index (χ2v) is 23.5. The SMILES string of the molecule is Cc1ccc(/C(C#N)=C/c2cn(Cc3ccccc3C(F)(F)F)c3cc(Cl)ccc23)cc1.Cc1ccc(/C(C#N)=C/c2cn(Cc3ccccc3F)c3cc(Cl)ccc23)cc1.Cc1ccc(Cn2cc(/C=C(\C#N)c3ccc(C)cc3)c3ccc(Cl)cc32)cc1.O=C(F)F. The number of allylic oxidation sites excluding steroid dienone is 3. The molecule has 0 fully saturated rings. The van der Waals surface area contributed by atoms with E-state index in [0.717, 1.165) is 84.3 Å². The summed E-state index contributed by atoms with van der Waals surface area (Å²) in [7, 11) is 0. The molecule has 0 N–H and O–H groups in total. The van der Waals surface area contributed by atoms with E-state index in [1.54, 1.807) is 47.2 Å². The second kappa shape index (κ2) is 30.7. The maximum atomic E-state index is 14.2. The van der Waals surface area contributed by atoms with Gasteiger partial charge in [-0.3, -0.25) is 0 Å². The molecule has 0 saturated heterocycles. The van der Waals surface area contributed by atoms with Crippen LogP contribution in [0.5, 0.6) is 0 Å². The lowest BCUT2D eigenvalue weighted by molar-refractivity contribution is -0.138. The van der Waals surface area contributed by atoms with Gasteiger partial charge in [0.2, 0.25) is 0 Å². The van der Waals surface area contributed by atoms with Crippen LogP contribution in [0.1, 0.15) is 77.9 Å². The van der Waals surface area contributed by atoms with E-state index >= 15 is 0 Å². The van der Waals surface area contributed by atoms with E-state index in [1.165, 1.54) is 34.9 Å². The zero-order valence-corrected chi connectivity index (χ0v) is 53.4. The maximum absolute atomic E-state index is 14.2. The van der Waals surface area contributed by atoms with Crippen LogP contribution in [0.25, 0.3) is 67.7 Å². The molecule has 12 aromatic rings. The molecule has 468 valence electrons. The monoisotopic (exact) mass is 1310 g/mol. The van der Waals surface area contributed by atoms with Gasteiger partial charge in [0.1, 0.15) is 5.82 Å². The van der Waals surface area contributed by atoms with E-state index in [4.69, 9.17) is 39.6 Å². The highest BCUT2D eigenvalue weighted by Gasteiger charge is 2.33. The molecule has 0 bridgehead atoms. The zero-order chi connectivity index (χ0) is 67.2. The summed E-state index contributed by atoms with van der Waals surface area (Å²) in [4.78, 5) is 8.11. The fourth-order valence-electron chi connectivity index (χ4n) is 10.6. The van der Waals surface area contributed by atoms with Crippen LogP contribution in [-0.2, 0) is 25.8 Å². The molecule has 0 aliphatic heterocycles. The van der Waals surface area contributed by atoms with Gasteiger partial charge in [0.05, 0.1) is 63.6 Å². The molecule has 94 heavy (non-hydrogen) atoms. The fraction of sp³-hybridized carbons (Fsp3) is 0.103. The maximum Gasteiger partial charge on any atom is 0.483 e. The van der Waals surface area contributed by atoms with Gasteiger partial charge < -0.3 is 13.7 Å². The van der Waals surface area contributed by atoms with Crippen molar-refractivity contribution in [2.75, 3.05) is 0 Å². The molecule has 0 aliphatic rings. The van der Waals surface area contributed by atoms with Crippen molar-refractivity contribution in [1.82, 2.24) is 13.7 Å². The molecule has 0 atom stereocenters. The van der Waals surface area contributed by atoms with E-state index < -0.39 is 18.0 Å². The molecule has 16 heteroatoms. The van der Waals surface area contributed by atoms with Gasteiger partial charge in [-0.25, -0.2) is 9.18 Å². The van der Waals surface area contributed by atoms with Crippen LogP contribution in [0.3, 0.4) is 0 Å². The minimum absolute atomic E-state index is 0.0206. The van der Waals surface area contributed by atoms with E-state index in [-0.39, 0.29) is 17.9 Å². The van der Waals surface area contributed by atoms with E-state index in [2.05, 4.69) is 60.2 Å². The van der Waals surface area contributed by atoms with Crippen molar-refractivity contribution < 1.29 is 31.1 Å². The fourth-order valence-corrected chi connectivity index (χ4v) is 11.1. The molecule has 7 nitrogen and oxygen atoms in total. The number of alkyl halides is 3. The summed E-state index contributed by atoms with van der Waals surface area (Å²) in [6.45, 7) is 9.26. The Morgan fingerprint density at radius 2 is 0.745 bits per heavy atom. The van der Waals surface area contributed by atoms with Crippen molar-refractivity contribution in [3.63, 3.8) is 0 Å². The Bertz CT molecular complexity index is 4960. The number of nitriles is 3. The molecule has 3 heterocycles. The first-order chi connectivity index (χ1) is 45.1. The van der Waals surface area contributed by atoms with Crippen LogP contribution >= 0.6 is 34.8 Å². The Balaban J connectivity index is 0.000000161. The molecule has 0 saturated carbocycles. The van der Waals surface area contributed by atoms with Crippen molar-refractivity contribution in [1.29, 1.82) is 15.8 Å². The van der Waals surface area contributed by atoms with Crippen molar-refractivity contribution >= 4 is 109 Å². The minimum atomic E-state index is -4.45. The number of carbonyl (C=O) groups excluding carboxylic acids is 1. The topological polar surface area (TPSA) is 103 Å². The third kappa shape index (κ3) is 17.3. The largest absolute Gasteiger partial charge is 0.483 e. The van der Waals surface area contributed by atoms with E-state index in [1.807, 2.05) is 165 Å². The van der Waals surface area contributed by atoms with Crippen LogP contribution in [0.4, 0.5) is 31.1 Å². The number of hydrogen-bond donors (Lipinski definition) is 0. The third-order valence-corrected chi connectivity index (χ3v) is 16.1. The molecule has 3 aromatic heterocycles. The third-order valence-electron chi connectivity index (χ3n) is 15.4. The molecule has 0 spiro atoms. The van der Waals surface area contributed by atoms with Crippen LogP contribution in [0, 0.1) is 67.5 Å². The first-order valence-electron chi connectivity index (χ1n) is 29.3. The highest BCUT2D eigenvalue weighted by atomic mass is 35.5. The molecular weight excluding hydrogens is 1260 g/mol. The molecule has 9 aromatic carbocycles. The Kier molecular flexibility index (Phi) is 22.1. The number of fused-ring (bicyclic) bond motifs is 3. The number of aryl methyl sites for hydroxylation is 4. The van der Waals surface area contributed by atoms with Crippen LogP contribution in [-0.4, -0.2) is 20.0 Å². The van der Waals surface area contributed by atoms with Gasteiger partial charge in [0, 0.05) is 85.2 Å². The minimum Gasteiger partial charge on any atom is -0.342 e. The number of hydrogen-bond acceptors (Lipinski definition) is 4. The van der Waals surface area contributed by atoms with Crippen molar-refractivity contribution in [3.05, 3.63) is 318 Å². The number of carbonyl (C=O) groups is 1. The van der Waals surface area contributed by atoms with E-state index in [0.29, 0.717) is 49.4 Å². The highest BCUT2D eigenvalue weighted by molar-refractivity contribution is 6.32. The molecule has 0 unspecified atom stereocenters. The Morgan fingerprint density at radius 1 is 0.436 bits per heavy atom. The number of aromatic nitrogens is 3. The zero-order valence-electron chi connectivity index (χ0n) is 51.1. The van der Waals surface area contributed by atoms with Gasteiger partial charge in [0.25, 0.3) is 0 Å². The van der Waals surface area contributed by atoms with Gasteiger partial charge in [0.15, 0.2) is 0 Å². The summed E-state index contributed by atoms with van der Waals surface area (Å²) in [6.07, 6.45) is 4.13. The van der Waals surface area contributed by atoms with Crippen LogP contribution in [0.15, 0.2) is 219 Å². The van der Waals surface area contributed by atoms with Crippen LogP contribution in [0.2, 0.25) is 15.1 Å². The van der Waals surface area contributed by atoms with Gasteiger partial charge in [-0.15, -0.1) is 8.78 Å². The predicted molar refractivity (Wildman–Crippen MR) is 369 cm³/mol. The lowest BCUT2D eigenvalue weighted by Gasteiger charge is -2.14. The molecular formula is C78H57Cl3F6N6O. The summed E-state index contributed by atoms with van der Waals surface area (Å²) in [5.41, 5.74) is 15.5. The van der Waals surface area contributed by atoms with E-state index in [9.17, 15) is 42.1 Å². The standard InChI is InChI=1S/C26H18ClF3N2.C26H21ClN2.C25H18ClFN2.CF2O/c1-17-6-8-18(9-7-17)20(14-31)12-21-16-32(25-13-22(27)10-11-23(21)25)15-19-4-2-3-5-24(19)26(28,29)30;1-18-3-7-20(8-4-18)16-29-17-23(25-12-11-24(27)14-26(25)29)13-22(15-28)21-9-5-19(2)6-10-21;1-17-6-8-18(9-7-17)20(14-28)12-21-16-29(15-19-4-2-3-5-24(19)27)25-13-22(26)10-11-23(21)25;2-1(3)4/h2-13,16H,15H2,1H3;3-14,17H,16H2,1-2H3;2-13,16H,15H2,1H3;/b20-12+;22-13+;20-12+;.